The molecule has 0 aliphatic heterocycles. The first-order valence-electron chi connectivity index (χ1n) is 10.9. The first-order valence-corrected chi connectivity index (χ1v) is 10.9. The number of alkyl halides is 5. The van der Waals surface area contributed by atoms with E-state index in [0.717, 1.165) is 36.1 Å². The van der Waals surface area contributed by atoms with E-state index in [0.29, 0.717) is 5.56 Å². The van der Waals surface area contributed by atoms with Crippen molar-refractivity contribution in [2.24, 2.45) is 0 Å². The summed E-state index contributed by atoms with van der Waals surface area (Å²) in [7, 11) is 1.09. The number of pyridine rings is 1. The Kier molecular flexibility index (Phi) is 8.12. The van der Waals surface area contributed by atoms with E-state index in [9.17, 15) is 31.5 Å². The Hall–Kier alpha value is -4.06. The number of aryl methyl sites for hydroxylation is 1. The highest BCUT2D eigenvalue weighted by molar-refractivity contribution is 6.07. The number of anilines is 2. The third-order valence-electron chi connectivity index (χ3n) is 5.49. The van der Waals surface area contributed by atoms with Crippen molar-refractivity contribution in [1.82, 2.24) is 10.5 Å². The predicted octanol–water partition coefficient (Wildman–Crippen LogP) is 5.66. The lowest BCUT2D eigenvalue weighted by atomic mass is 9.98. The Morgan fingerprint density at radius 2 is 1.62 bits per heavy atom. The number of hydrogen-bond acceptors (Lipinski definition) is 5. The van der Waals surface area contributed by atoms with Gasteiger partial charge in [-0.3, -0.25) is 14.4 Å². The van der Waals surface area contributed by atoms with Gasteiger partial charge in [0.05, 0.1) is 24.4 Å². The zero-order chi connectivity index (χ0) is 27.4. The van der Waals surface area contributed by atoms with Crippen molar-refractivity contribution in [2.75, 3.05) is 17.7 Å². The highest BCUT2D eigenvalue weighted by Gasteiger charge is 2.63. The van der Waals surface area contributed by atoms with Crippen LogP contribution in [0.1, 0.15) is 34.5 Å². The van der Waals surface area contributed by atoms with Crippen molar-refractivity contribution in [1.29, 1.82) is 0 Å². The van der Waals surface area contributed by atoms with Gasteiger partial charge in [-0.05, 0) is 42.2 Å². The highest BCUT2D eigenvalue weighted by atomic mass is 19.4. The van der Waals surface area contributed by atoms with Gasteiger partial charge in [-0.15, -0.1) is 0 Å². The number of amides is 2. The van der Waals surface area contributed by atoms with E-state index < -0.39 is 41.2 Å². The van der Waals surface area contributed by atoms with Gasteiger partial charge >= 0.3 is 18.0 Å². The SMILES string of the molecule is CONC(=O)c1ccnc(NC(C)c2ccc(-c3ccccc3C)cc2)c1NC(=O)C(F)(F)C(F)(F)F. The summed E-state index contributed by atoms with van der Waals surface area (Å²) in [5.74, 6) is -9.69. The zero-order valence-electron chi connectivity index (χ0n) is 19.9. The largest absolute Gasteiger partial charge is 0.463 e. The van der Waals surface area contributed by atoms with Gasteiger partial charge in [-0.1, -0.05) is 48.5 Å². The molecule has 1 heterocycles. The molecule has 7 nitrogen and oxygen atoms in total. The molecule has 2 amide bonds. The third-order valence-corrected chi connectivity index (χ3v) is 5.49. The van der Waals surface area contributed by atoms with Crippen LogP contribution in [0, 0.1) is 6.92 Å². The van der Waals surface area contributed by atoms with E-state index in [2.05, 4.69) is 15.1 Å². The molecule has 0 bridgehead atoms. The van der Waals surface area contributed by atoms with Crippen LogP contribution < -0.4 is 16.1 Å². The number of carbonyl (C=O) groups is 2. The van der Waals surface area contributed by atoms with E-state index >= 15 is 0 Å². The smallest absolute Gasteiger partial charge is 0.362 e. The molecule has 1 aromatic heterocycles. The first-order chi connectivity index (χ1) is 17.4. The average Bonchev–Trinajstić information content (AvgIpc) is 2.84. The van der Waals surface area contributed by atoms with Crippen molar-refractivity contribution in [3.05, 3.63) is 77.5 Å². The normalized spacial score (nSPS) is 12.5. The number of halogens is 5. The van der Waals surface area contributed by atoms with E-state index in [4.69, 9.17) is 0 Å². The number of rotatable bonds is 8. The number of nitrogens with one attached hydrogen (secondary N) is 3. The molecule has 0 spiro atoms. The van der Waals surface area contributed by atoms with E-state index in [1.54, 1.807) is 19.1 Å². The van der Waals surface area contributed by atoms with Crippen molar-refractivity contribution in [2.45, 2.75) is 32.0 Å². The number of aromatic nitrogens is 1. The maximum absolute atomic E-state index is 13.7. The molecule has 0 aliphatic carbocycles. The molecule has 0 saturated heterocycles. The molecule has 196 valence electrons. The van der Waals surface area contributed by atoms with Gasteiger partial charge < -0.3 is 10.6 Å². The van der Waals surface area contributed by atoms with Gasteiger partial charge in [0, 0.05) is 6.20 Å². The predicted molar refractivity (Wildman–Crippen MR) is 127 cm³/mol. The summed E-state index contributed by atoms with van der Waals surface area (Å²) in [5, 5.41) is 4.37. The summed E-state index contributed by atoms with van der Waals surface area (Å²) < 4.78 is 65.5. The molecular formula is C25H23F5N4O3. The molecule has 3 aromatic rings. The minimum Gasteiger partial charge on any atom is -0.362 e. The number of carbonyl (C=O) groups excluding carboxylic acids is 2. The summed E-state index contributed by atoms with van der Waals surface area (Å²) in [4.78, 5) is 32.7. The molecular weight excluding hydrogens is 499 g/mol. The maximum atomic E-state index is 13.7. The van der Waals surface area contributed by atoms with E-state index in [1.165, 1.54) is 5.32 Å². The average molecular weight is 522 g/mol. The lowest BCUT2D eigenvalue weighted by Gasteiger charge is -2.22. The van der Waals surface area contributed by atoms with Gasteiger partial charge in [0.2, 0.25) is 0 Å². The number of nitrogens with zero attached hydrogens (tertiary/aromatic N) is 1. The molecule has 0 fully saturated rings. The molecule has 0 saturated carbocycles. The molecule has 1 unspecified atom stereocenters. The quantitative estimate of drug-likeness (QED) is 0.262. The Balaban J connectivity index is 1.93. The van der Waals surface area contributed by atoms with Crippen LogP contribution in [0.2, 0.25) is 0 Å². The standard InChI is InChI=1S/C25H23F5N4O3/c1-14-6-4-5-7-18(14)17-10-8-16(9-11-17)15(2)32-21-20(19(12-13-31-21)22(35)34-37-3)33-23(36)24(26,27)25(28,29)30/h4-13,15H,1-3H3,(H,31,32)(H,33,36)(H,34,35). The van der Waals surface area contributed by atoms with Crippen LogP contribution in [0.4, 0.5) is 33.5 Å². The molecule has 0 aliphatic rings. The van der Waals surface area contributed by atoms with Crippen molar-refractivity contribution < 1.29 is 36.4 Å². The van der Waals surface area contributed by atoms with E-state index in [-0.39, 0.29) is 5.82 Å². The highest BCUT2D eigenvalue weighted by Crippen LogP contribution is 2.38. The molecule has 3 rings (SSSR count). The van der Waals surface area contributed by atoms with Crippen LogP contribution in [0.5, 0.6) is 0 Å². The molecule has 0 radical (unpaired) electrons. The van der Waals surface area contributed by atoms with Crippen LogP contribution in [-0.4, -0.2) is 36.0 Å². The second-order valence-electron chi connectivity index (χ2n) is 8.05. The fourth-order valence-corrected chi connectivity index (χ4v) is 3.49. The van der Waals surface area contributed by atoms with Crippen LogP contribution in [-0.2, 0) is 9.63 Å². The molecule has 2 aromatic carbocycles. The molecule has 37 heavy (non-hydrogen) atoms. The van der Waals surface area contributed by atoms with Crippen LogP contribution in [0.15, 0.2) is 60.8 Å². The van der Waals surface area contributed by atoms with Gasteiger partial charge in [0.15, 0.2) is 5.82 Å². The summed E-state index contributed by atoms with van der Waals surface area (Å²) >= 11 is 0. The second-order valence-corrected chi connectivity index (χ2v) is 8.05. The first kappa shape index (κ1) is 27.5. The summed E-state index contributed by atoms with van der Waals surface area (Å²) in [6, 6.07) is 15.6. The third kappa shape index (κ3) is 6.02. The molecule has 3 N–H and O–H groups in total. The molecule has 1 atom stereocenters. The Morgan fingerprint density at radius 3 is 2.22 bits per heavy atom. The maximum Gasteiger partial charge on any atom is 0.463 e. The van der Waals surface area contributed by atoms with Crippen molar-refractivity contribution in [3.63, 3.8) is 0 Å². The minimum atomic E-state index is -6.14. The number of hydroxylamine groups is 1. The van der Waals surface area contributed by atoms with Crippen LogP contribution in [0.25, 0.3) is 11.1 Å². The second kappa shape index (κ2) is 10.9. The fraction of sp³-hybridized carbons (Fsp3) is 0.240. The summed E-state index contributed by atoms with van der Waals surface area (Å²) in [6.07, 6.45) is -5.02. The Labute approximate surface area is 209 Å². The van der Waals surface area contributed by atoms with Crippen LogP contribution >= 0.6 is 0 Å². The monoisotopic (exact) mass is 522 g/mol. The van der Waals surface area contributed by atoms with Crippen molar-refractivity contribution in [3.8, 4) is 11.1 Å². The Bertz CT molecular complexity index is 1280. The van der Waals surface area contributed by atoms with E-state index in [1.807, 2.05) is 48.8 Å². The zero-order valence-corrected chi connectivity index (χ0v) is 19.9. The van der Waals surface area contributed by atoms with Crippen molar-refractivity contribution >= 4 is 23.3 Å². The molecule has 12 heteroatoms. The van der Waals surface area contributed by atoms with Gasteiger partial charge in [-0.25, -0.2) is 10.5 Å². The minimum absolute atomic E-state index is 0.300. The lowest BCUT2D eigenvalue weighted by Crippen LogP contribution is -2.47. The van der Waals surface area contributed by atoms with Gasteiger partial charge in [0.25, 0.3) is 5.91 Å². The summed E-state index contributed by atoms with van der Waals surface area (Å²) in [5.41, 5.74) is 4.58. The topological polar surface area (TPSA) is 92.3 Å². The van der Waals surface area contributed by atoms with Gasteiger partial charge in [0.1, 0.15) is 0 Å². The van der Waals surface area contributed by atoms with Crippen LogP contribution in [0.3, 0.4) is 0 Å². The lowest BCUT2D eigenvalue weighted by molar-refractivity contribution is -0.267. The summed E-state index contributed by atoms with van der Waals surface area (Å²) in [6.45, 7) is 3.66. The Morgan fingerprint density at radius 1 is 0.973 bits per heavy atom. The number of hydrogen-bond donors (Lipinski definition) is 3. The van der Waals surface area contributed by atoms with Gasteiger partial charge in [-0.2, -0.15) is 22.0 Å². The fourth-order valence-electron chi connectivity index (χ4n) is 3.49. The number of benzene rings is 2.